The van der Waals surface area contributed by atoms with Gasteiger partial charge in [0.25, 0.3) is 0 Å². The minimum Gasteiger partial charge on any atom is -0.161 e. The molecule has 0 saturated heterocycles. The molecule has 0 bridgehead atoms. The van der Waals surface area contributed by atoms with Crippen LogP contribution in [0.15, 0.2) is 28.1 Å². The van der Waals surface area contributed by atoms with Crippen molar-refractivity contribution in [3.8, 4) is 0 Å². The molecule has 0 atom stereocenters. The monoisotopic (exact) mass is 272 g/mol. The molecule has 3 heteroatoms. The normalized spacial score (nSPS) is 10.9. The van der Waals surface area contributed by atoms with E-state index in [4.69, 9.17) is 0 Å². The summed E-state index contributed by atoms with van der Waals surface area (Å²) < 4.78 is 2.55. The van der Waals surface area contributed by atoms with Crippen LogP contribution in [0, 0.1) is 0 Å². The van der Waals surface area contributed by atoms with Crippen molar-refractivity contribution in [1.82, 2.24) is 0 Å². The van der Waals surface area contributed by atoms with E-state index in [0.717, 1.165) is 5.75 Å². The first-order valence-corrected chi connectivity index (χ1v) is 7.02. The van der Waals surface area contributed by atoms with Gasteiger partial charge in [0.05, 0.1) is 0 Å². The molecular formula is C10H9BrS2. The first kappa shape index (κ1) is 9.56. The van der Waals surface area contributed by atoms with E-state index in [0.29, 0.717) is 0 Å². The lowest BCUT2D eigenvalue weighted by Gasteiger charge is -1.96. The van der Waals surface area contributed by atoms with Crippen LogP contribution in [-0.4, -0.2) is 6.26 Å². The van der Waals surface area contributed by atoms with Gasteiger partial charge in [0.2, 0.25) is 0 Å². The Morgan fingerprint density at radius 1 is 1.46 bits per heavy atom. The van der Waals surface area contributed by atoms with Gasteiger partial charge < -0.3 is 0 Å². The molecule has 0 saturated carbocycles. The van der Waals surface area contributed by atoms with Crippen molar-refractivity contribution < 1.29 is 0 Å². The lowest BCUT2D eigenvalue weighted by atomic mass is 10.2. The second-order valence-corrected chi connectivity index (χ2v) is 5.53. The third-order valence-corrected chi connectivity index (χ3v) is 4.02. The Labute approximate surface area is 94.5 Å². The Bertz CT molecular complexity index is 420. The number of thioether (sulfide) groups is 1. The van der Waals surface area contributed by atoms with Crippen LogP contribution >= 0.6 is 39.0 Å². The van der Waals surface area contributed by atoms with Crippen LogP contribution in [0.3, 0.4) is 0 Å². The molecule has 0 aliphatic carbocycles. The maximum absolute atomic E-state index is 3.50. The van der Waals surface area contributed by atoms with Crippen molar-refractivity contribution in [2.75, 3.05) is 6.26 Å². The minimum absolute atomic E-state index is 1.11. The van der Waals surface area contributed by atoms with Crippen LogP contribution in [0.25, 0.3) is 10.1 Å². The predicted octanol–water partition coefficient (Wildman–Crippen LogP) is 4.53. The van der Waals surface area contributed by atoms with Crippen molar-refractivity contribution >= 4 is 49.1 Å². The van der Waals surface area contributed by atoms with Crippen LogP contribution in [-0.2, 0) is 5.75 Å². The Kier molecular flexibility index (Phi) is 2.96. The van der Waals surface area contributed by atoms with Crippen LogP contribution in [0.1, 0.15) is 5.56 Å². The number of thiophene rings is 1. The minimum atomic E-state index is 1.11. The molecule has 0 N–H and O–H groups in total. The highest BCUT2D eigenvalue weighted by Gasteiger charge is 2.03. The van der Waals surface area contributed by atoms with Crippen molar-refractivity contribution in [2.45, 2.75) is 5.75 Å². The van der Waals surface area contributed by atoms with E-state index in [2.05, 4.69) is 45.8 Å². The predicted molar refractivity (Wildman–Crippen MR) is 66.7 cm³/mol. The van der Waals surface area contributed by atoms with Crippen LogP contribution in [0.4, 0.5) is 0 Å². The fourth-order valence-electron chi connectivity index (χ4n) is 1.32. The highest BCUT2D eigenvalue weighted by molar-refractivity contribution is 9.10. The Hall–Kier alpha value is 0.01000. The van der Waals surface area contributed by atoms with Crippen molar-refractivity contribution in [3.63, 3.8) is 0 Å². The van der Waals surface area contributed by atoms with Crippen molar-refractivity contribution in [3.05, 3.63) is 33.6 Å². The summed E-state index contributed by atoms with van der Waals surface area (Å²) in [5.41, 5.74) is 1.45. The summed E-state index contributed by atoms with van der Waals surface area (Å²) in [6, 6.07) is 6.48. The van der Waals surface area contributed by atoms with Gasteiger partial charge in [0, 0.05) is 14.9 Å². The molecule has 0 radical (unpaired) electrons. The zero-order valence-electron chi connectivity index (χ0n) is 7.21. The molecule has 0 unspecified atom stereocenters. The lowest BCUT2D eigenvalue weighted by Crippen LogP contribution is -1.75. The topological polar surface area (TPSA) is 0 Å². The Balaban J connectivity index is 2.58. The second-order valence-electron chi connectivity index (χ2n) is 2.83. The van der Waals surface area contributed by atoms with Gasteiger partial charge in [-0.05, 0) is 40.8 Å². The molecule has 1 heterocycles. The van der Waals surface area contributed by atoms with E-state index in [1.165, 1.54) is 20.1 Å². The van der Waals surface area contributed by atoms with Gasteiger partial charge in [-0.3, -0.25) is 0 Å². The molecule has 0 aliphatic heterocycles. The molecule has 0 amide bonds. The molecule has 0 aliphatic rings. The molecule has 0 fully saturated rings. The average Bonchev–Trinajstić information content (AvgIpc) is 2.49. The molecular weight excluding hydrogens is 264 g/mol. The zero-order valence-corrected chi connectivity index (χ0v) is 10.4. The van der Waals surface area contributed by atoms with Gasteiger partial charge in [-0.1, -0.05) is 15.9 Å². The van der Waals surface area contributed by atoms with Crippen molar-refractivity contribution in [1.29, 1.82) is 0 Å². The number of rotatable bonds is 2. The molecule has 2 rings (SSSR count). The quantitative estimate of drug-likeness (QED) is 0.774. The molecule has 1 aromatic heterocycles. The van der Waals surface area contributed by atoms with E-state index in [1.807, 2.05) is 23.1 Å². The smallest absolute Gasteiger partial charge is 0.0346 e. The summed E-state index contributed by atoms with van der Waals surface area (Å²) in [5, 5.41) is 3.65. The van der Waals surface area contributed by atoms with Crippen molar-refractivity contribution in [2.24, 2.45) is 0 Å². The summed E-state index contributed by atoms with van der Waals surface area (Å²) in [4.78, 5) is 0. The second kappa shape index (κ2) is 4.03. The highest BCUT2D eigenvalue weighted by atomic mass is 79.9. The van der Waals surface area contributed by atoms with Crippen LogP contribution in [0.2, 0.25) is 0 Å². The molecule has 0 nitrogen and oxygen atoms in total. The van der Waals surface area contributed by atoms with Gasteiger partial charge in [-0.25, -0.2) is 0 Å². The number of hydrogen-bond acceptors (Lipinski definition) is 2. The van der Waals surface area contributed by atoms with Crippen LogP contribution < -0.4 is 0 Å². The summed E-state index contributed by atoms with van der Waals surface area (Å²) in [6.45, 7) is 0. The largest absolute Gasteiger partial charge is 0.161 e. The Morgan fingerprint density at radius 2 is 2.31 bits per heavy atom. The lowest BCUT2D eigenvalue weighted by molar-refractivity contribution is 1.51. The third-order valence-electron chi connectivity index (χ3n) is 1.92. The van der Waals surface area contributed by atoms with E-state index in [-0.39, 0.29) is 0 Å². The molecule has 13 heavy (non-hydrogen) atoms. The first-order chi connectivity index (χ1) is 6.31. The number of halogens is 1. The fraction of sp³-hybridized carbons (Fsp3) is 0.200. The van der Waals surface area contributed by atoms with E-state index < -0.39 is 0 Å². The van der Waals surface area contributed by atoms with Gasteiger partial charge in [-0.15, -0.1) is 11.3 Å². The summed E-state index contributed by atoms with van der Waals surface area (Å²) in [7, 11) is 0. The van der Waals surface area contributed by atoms with E-state index in [9.17, 15) is 0 Å². The molecule has 68 valence electrons. The zero-order chi connectivity index (χ0) is 9.26. The number of benzene rings is 1. The molecule has 2 aromatic rings. The summed E-state index contributed by atoms with van der Waals surface area (Å²) in [5.74, 6) is 1.11. The third kappa shape index (κ3) is 1.92. The maximum Gasteiger partial charge on any atom is 0.0346 e. The first-order valence-electron chi connectivity index (χ1n) is 3.96. The number of hydrogen-bond donors (Lipinski definition) is 0. The summed E-state index contributed by atoms with van der Waals surface area (Å²) >= 11 is 7.20. The SMILES string of the molecule is CSCc1csc2ccc(Br)cc12. The van der Waals surface area contributed by atoms with Gasteiger partial charge in [0.1, 0.15) is 0 Å². The maximum atomic E-state index is 3.50. The van der Waals surface area contributed by atoms with Gasteiger partial charge in [0.15, 0.2) is 0 Å². The Morgan fingerprint density at radius 3 is 3.08 bits per heavy atom. The van der Waals surface area contributed by atoms with E-state index in [1.54, 1.807) is 0 Å². The highest BCUT2D eigenvalue weighted by Crippen LogP contribution is 2.30. The summed E-state index contributed by atoms with van der Waals surface area (Å²) in [6.07, 6.45) is 2.14. The van der Waals surface area contributed by atoms with E-state index >= 15 is 0 Å². The van der Waals surface area contributed by atoms with Crippen LogP contribution in [0.5, 0.6) is 0 Å². The standard InChI is InChI=1S/C10H9BrS2/c1-12-5-7-6-13-10-3-2-8(11)4-9(7)10/h2-4,6H,5H2,1H3. The molecule has 1 aromatic carbocycles. The fourth-order valence-corrected chi connectivity index (χ4v) is 3.28. The number of fused-ring (bicyclic) bond motifs is 1. The van der Waals surface area contributed by atoms with Gasteiger partial charge >= 0.3 is 0 Å². The van der Waals surface area contributed by atoms with Gasteiger partial charge in [-0.2, -0.15) is 11.8 Å². The molecule has 0 spiro atoms. The average molecular weight is 273 g/mol.